The van der Waals surface area contributed by atoms with Crippen molar-refractivity contribution in [3.05, 3.63) is 42.1 Å². The fourth-order valence-corrected chi connectivity index (χ4v) is 2.96. The van der Waals surface area contributed by atoms with Crippen molar-refractivity contribution in [3.63, 3.8) is 0 Å². The molecule has 1 aliphatic rings. The number of aryl methyl sites for hydroxylation is 1. The molecule has 2 aromatic heterocycles. The van der Waals surface area contributed by atoms with Gasteiger partial charge in [-0.2, -0.15) is 0 Å². The number of aromatic nitrogens is 2. The van der Waals surface area contributed by atoms with E-state index in [0.29, 0.717) is 12.5 Å². The second-order valence-electron chi connectivity index (χ2n) is 6.03. The minimum Gasteiger partial charge on any atom is -0.465 e. The molecular weight excluding hydrogens is 292 g/mol. The maximum atomic E-state index is 10.4. The van der Waals surface area contributed by atoms with Crippen LogP contribution in [0.3, 0.4) is 0 Å². The van der Waals surface area contributed by atoms with Gasteiger partial charge in [0.1, 0.15) is 11.5 Å². The average Bonchev–Trinajstić information content (AvgIpc) is 2.99. The lowest BCUT2D eigenvalue weighted by Crippen LogP contribution is -2.49. The first kappa shape index (κ1) is 16.0. The Morgan fingerprint density at radius 2 is 2.09 bits per heavy atom. The first-order valence-corrected chi connectivity index (χ1v) is 8.26. The normalized spacial score (nSPS) is 22.2. The number of piperidine rings is 1. The maximum absolute atomic E-state index is 10.4. The number of β-amino-alcohol motifs (C(OH)–C–C–N with tert-alkyl or cyclic N) is 1. The number of nitrogens with one attached hydrogen (secondary N) is 1. The number of rotatable bonds is 6. The Hall–Kier alpha value is -1.92. The molecule has 124 valence electrons. The molecule has 3 heterocycles. The Morgan fingerprint density at radius 1 is 1.30 bits per heavy atom. The molecule has 6 nitrogen and oxygen atoms in total. The third-order valence-corrected chi connectivity index (χ3v) is 4.14. The third kappa shape index (κ3) is 4.30. The van der Waals surface area contributed by atoms with Crippen molar-refractivity contribution in [3.8, 4) is 0 Å². The summed E-state index contributed by atoms with van der Waals surface area (Å²) in [5.41, 5.74) is 0. The highest BCUT2D eigenvalue weighted by Gasteiger charge is 2.28. The van der Waals surface area contributed by atoms with E-state index in [-0.39, 0.29) is 6.04 Å². The number of furan rings is 1. The van der Waals surface area contributed by atoms with E-state index in [0.717, 1.165) is 43.9 Å². The van der Waals surface area contributed by atoms with Crippen molar-refractivity contribution in [2.45, 2.75) is 44.9 Å². The van der Waals surface area contributed by atoms with E-state index in [9.17, 15) is 5.11 Å². The summed E-state index contributed by atoms with van der Waals surface area (Å²) in [5.74, 6) is 2.58. The Balaban J connectivity index is 1.51. The van der Waals surface area contributed by atoms with Gasteiger partial charge in [-0.25, -0.2) is 9.97 Å². The van der Waals surface area contributed by atoms with E-state index in [1.165, 1.54) is 0 Å². The van der Waals surface area contributed by atoms with Crippen molar-refractivity contribution in [2.24, 2.45) is 0 Å². The van der Waals surface area contributed by atoms with Gasteiger partial charge in [0, 0.05) is 31.9 Å². The number of nitrogens with zero attached hydrogens (tertiary/aromatic N) is 3. The molecule has 0 spiro atoms. The van der Waals surface area contributed by atoms with Gasteiger partial charge in [-0.1, -0.05) is 6.92 Å². The highest BCUT2D eigenvalue weighted by atomic mass is 16.3. The standard InChI is InChI=1S/C17H24N4O2/c1-2-4-13-5-6-14(23-13)11-21-10-7-15(16(22)12-21)20-17-18-8-3-9-19-17/h3,5-6,8-9,15-16,22H,2,4,7,10-12H2,1H3,(H,18,19,20). The summed E-state index contributed by atoms with van der Waals surface area (Å²) in [4.78, 5) is 10.5. The van der Waals surface area contributed by atoms with Gasteiger partial charge in [-0.15, -0.1) is 0 Å². The van der Waals surface area contributed by atoms with Crippen LogP contribution in [-0.4, -0.2) is 45.2 Å². The summed E-state index contributed by atoms with van der Waals surface area (Å²) in [7, 11) is 0. The molecule has 0 radical (unpaired) electrons. The van der Waals surface area contributed by atoms with Crippen molar-refractivity contribution >= 4 is 5.95 Å². The Kier molecular flexibility index (Phi) is 5.25. The lowest BCUT2D eigenvalue weighted by atomic mass is 10.0. The van der Waals surface area contributed by atoms with E-state index < -0.39 is 6.10 Å². The van der Waals surface area contributed by atoms with Gasteiger partial charge in [0.2, 0.25) is 5.95 Å². The summed E-state index contributed by atoms with van der Waals surface area (Å²) in [6.45, 7) is 4.42. The average molecular weight is 316 g/mol. The molecule has 23 heavy (non-hydrogen) atoms. The fraction of sp³-hybridized carbons (Fsp3) is 0.529. The number of likely N-dealkylation sites (tertiary alicyclic amines) is 1. The maximum Gasteiger partial charge on any atom is 0.222 e. The molecule has 2 aromatic rings. The number of hydrogen-bond acceptors (Lipinski definition) is 6. The zero-order valence-corrected chi connectivity index (χ0v) is 13.5. The van der Waals surface area contributed by atoms with E-state index in [1.54, 1.807) is 18.5 Å². The van der Waals surface area contributed by atoms with Crippen LogP contribution in [0.5, 0.6) is 0 Å². The summed E-state index contributed by atoms with van der Waals surface area (Å²) in [6, 6.07) is 5.86. The largest absolute Gasteiger partial charge is 0.465 e. The first-order chi connectivity index (χ1) is 11.2. The number of hydrogen-bond donors (Lipinski definition) is 2. The second kappa shape index (κ2) is 7.57. The predicted molar refractivity (Wildman–Crippen MR) is 88.0 cm³/mol. The minimum atomic E-state index is -0.447. The van der Waals surface area contributed by atoms with Gasteiger partial charge in [0.15, 0.2) is 0 Å². The van der Waals surface area contributed by atoms with E-state index in [2.05, 4.69) is 33.2 Å². The Morgan fingerprint density at radius 3 is 2.83 bits per heavy atom. The van der Waals surface area contributed by atoms with Crippen molar-refractivity contribution < 1.29 is 9.52 Å². The first-order valence-electron chi connectivity index (χ1n) is 8.26. The molecule has 1 fully saturated rings. The monoisotopic (exact) mass is 316 g/mol. The van der Waals surface area contributed by atoms with Crippen LogP contribution in [0, 0.1) is 0 Å². The summed E-state index contributed by atoms with van der Waals surface area (Å²) < 4.78 is 5.83. The summed E-state index contributed by atoms with van der Waals surface area (Å²) >= 11 is 0. The van der Waals surface area contributed by atoms with Crippen LogP contribution in [0.4, 0.5) is 5.95 Å². The van der Waals surface area contributed by atoms with Gasteiger partial charge >= 0.3 is 0 Å². The molecule has 3 rings (SSSR count). The lowest BCUT2D eigenvalue weighted by Gasteiger charge is -2.35. The molecule has 2 unspecified atom stereocenters. The van der Waals surface area contributed by atoms with E-state index in [4.69, 9.17) is 4.42 Å². The number of anilines is 1. The van der Waals surface area contributed by atoms with E-state index in [1.807, 2.05) is 6.07 Å². The molecule has 0 bridgehead atoms. The molecule has 6 heteroatoms. The smallest absolute Gasteiger partial charge is 0.222 e. The molecular formula is C17H24N4O2. The molecule has 0 amide bonds. The summed E-state index contributed by atoms with van der Waals surface area (Å²) in [5, 5.41) is 13.6. The second-order valence-corrected chi connectivity index (χ2v) is 6.03. The zero-order valence-electron chi connectivity index (χ0n) is 13.5. The highest BCUT2D eigenvalue weighted by Crippen LogP contribution is 2.18. The fourth-order valence-electron chi connectivity index (χ4n) is 2.96. The Labute approximate surface area is 136 Å². The van der Waals surface area contributed by atoms with Crippen LogP contribution < -0.4 is 5.32 Å². The number of aliphatic hydroxyl groups is 1. The van der Waals surface area contributed by atoms with Crippen LogP contribution in [0.25, 0.3) is 0 Å². The molecule has 0 saturated carbocycles. The van der Waals surface area contributed by atoms with Gasteiger partial charge in [0.25, 0.3) is 0 Å². The molecule has 2 atom stereocenters. The van der Waals surface area contributed by atoms with Crippen molar-refractivity contribution in [1.82, 2.24) is 14.9 Å². The third-order valence-electron chi connectivity index (χ3n) is 4.14. The molecule has 2 N–H and O–H groups in total. The van der Waals surface area contributed by atoms with Crippen LogP contribution in [0.15, 0.2) is 35.0 Å². The predicted octanol–water partition coefficient (Wildman–Crippen LogP) is 2.07. The van der Waals surface area contributed by atoms with Crippen LogP contribution in [0.2, 0.25) is 0 Å². The van der Waals surface area contributed by atoms with Crippen LogP contribution in [-0.2, 0) is 13.0 Å². The van der Waals surface area contributed by atoms with E-state index >= 15 is 0 Å². The molecule has 0 aromatic carbocycles. The van der Waals surface area contributed by atoms with Crippen molar-refractivity contribution in [2.75, 3.05) is 18.4 Å². The van der Waals surface area contributed by atoms with Gasteiger partial charge < -0.3 is 14.8 Å². The van der Waals surface area contributed by atoms with Gasteiger partial charge in [0.05, 0.1) is 18.7 Å². The SMILES string of the molecule is CCCc1ccc(CN2CCC(Nc3ncccn3)C(O)C2)o1. The highest BCUT2D eigenvalue weighted by molar-refractivity contribution is 5.25. The molecule has 1 saturated heterocycles. The molecule has 0 aliphatic carbocycles. The lowest BCUT2D eigenvalue weighted by molar-refractivity contribution is 0.0526. The Bertz CT molecular complexity index is 602. The zero-order chi connectivity index (χ0) is 16.1. The molecule has 1 aliphatic heterocycles. The quantitative estimate of drug-likeness (QED) is 0.850. The van der Waals surface area contributed by atoms with Crippen LogP contribution >= 0.6 is 0 Å². The van der Waals surface area contributed by atoms with Gasteiger partial charge in [-0.3, -0.25) is 4.90 Å². The van der Waals surface area contributed by atoms with Gasteiger partial charge in [-0.05, 0) is 31.0 Å². The summed E-state index contributed by atoms with van der Waals surface area (Å²) in [6.07, 6.45) is 5.86. The van der Waals surface area contributed by atoms with Crippen molar-refractivity contribution in [1.29, 1.82) is 0 Å². The number of aliphatic hydroxyl groups excluding tert-OH is 1. The van der Waals surface area contributed by atoms with Crippen LogP contribution in [0.1, 0.15) is 31.3 Å². The minimum absolute atomic E-state index is 0.0131. The topological polar surface area (TPSA) is 74.4 Å².